The number of hydrogen-bond donors (Lipinski definition) is 1. The number of carbonyl (C=O) groups is 1. The maximum atomic E-state index is 12.8. The topological polar surface area (TPSA) is 61.4 Å². The van der Waals surface area contributed by atoms with Crippen molar-refractivity contribution in [2.75, 3.05) is 36.4 Å². The molecule has 0 radical (unpaired) electrons. The van der Waals surface area contributed by atoms with Crippen molar-refractivity contribution in [3.63, 3.8) is 0 Å². The van der Waals surface area contributed by atoms with Gasteiger partial charge >= 0.3 is 0 Å². The average Bonchev–Trinajstić information content (AvgIpc) is 2.75. The molecule has 0 unspecified atom stereocenters. The van der Waals surface area contributed by atoms with Gasteiger partial charge in [0.05, 0.1) is 0 Å². The van der Waals surface area contributed by atoms with Crippen molar-refractivity contribution in [3.8, 4) is 0 Å². The van der Waals surface area contributed by atoms with Gasteiger partial charge in [-0.25, -0.2) is 4.98 Å². The number of rotatable bonds is 4. The minimum absolute atomic E-state index is 0.0348. The normalized spacial score (nSPS) is 14.1. The summed E-state index contributed by atoms with van der Waals surface area (Å²) in [5.74, 6) is 0.921. The smallest absolute Gasteiger partial charge is 0.272 e. The molecule has 136 valence electrons. The van der Waals surface area contributed by atoms with Crippen molar-refractivity contribution < 1.29 is 4.79 Å². The lowest BCUT2D eigenvalue weighted by molar-refractivity contribution is 0.0740. The van der Waals surface area contributed by atoms with Crippen LogP contribution in [0, 0.1) is 0 Å². The van der Waals surface area contributed by atoms with E-state index in [2.05, 4.69) is 20.2 Å². The molecule has 2 aromatic heterocycles. The fourth-order valence-corrected chi connectivity index (χ4v) is 3.15. The Morgan fingerprint density at radius 2 is 1.59 bits per heavy atom. The standard InChI is InChI=1S/C21H21N5O/c27-21(26-14-12-25(13-15-26)20-8-4-5-10-23-20)19-16-18(9-11-22-19)24-17-6-2-1-3-7-17/h1-11,16H,12-15H2,(H,22,24). The quantitative estimate of drug-likeness (QED) is 0.775. The molecule has 1 aliphatic heterocycles. The number of benzene rings is 1. The molecule has 6 heteroatoms. The molecule has 27 heavy (non-hydrogen) atoms. The molecule has 0 aliphatic carbocycles. The first kappa shape index (κ1) is 17.0. The van der Waals surface area contributed by atoms with Gasteiger partial charge in [-0.3, -0.25) is 9.78 Å². The highest BCUT2D eigenvalue weighted by atomic mass is 16.2. The number of nitrogens with one attached hydrogen (secondary N) is 1. The van der Waals surface area contributed by atoms with E-state index in [4.69, 9.17) is 0 Å². The van der Waals surface area contributed by atoms with Gasteiger partial charge in [0.2, 0.25) is 0 Å². The third kappa shape index (κ3) is 4.06. The maximum absolute atomic E-state index is 12.8. The average molecular weight is 359 g/mol. The van der Waals surface area contributed by atoms with Gasteiger partial charge in [0.25, 0.3) is 5.91 Å². The Hall–Kier alpha value is -3.41. The summed E-state index contributed by atoms with van der Waals surface area (Å²) in [6.07, 6.45) is 3.46. The van der Waals surface area contributed by atoms with E-state index in [1.54, 1.807) is 18.5 Å². The van der Waals surface area contributed by atoms with Crippen LogP contribution in [0.3, 0.4) is 0 Å². The van der Waals surface area contributed by atoms with Crippen molar-refractivity contribution in [3.05, 3.63) is 78.8 Å². The first-order chi connectivity index (χ1) is 13.3. The number of amides is 1. The van der Waals surface area contributed by atoms with E-state index in [0.717, 1.165) is 30.3 Å². The van der Waals surface area contributed by atoms with E-state index in [1.807, 2.05) is 59.5 Å². The molecule has 0 spiro atoms. The highest BCUT2D eigenvalue weighted by molar-refractivity contribution is 5.93. The van der Waals surface area contributed by atoms with Gasteiger partial charge in [0.15, 0.2) is 0 Å². The molecular weight excluding hydrogens is 338 g/mol. The molecule has 6 nitrogen and oxygen atoms in total. The minimum atomic E-state index is -0.0348. The Morgan fingerprint density at radius 3 is 2.33 bits per heavy atom. The molecule has 3 aromatic rings. The lowest BCUT2D eigenvalue weighted by Crippen LogP contribution is -2.49. The molecule has 1 amide bonds. The number of carbonyl (C=O) groups excluding carboxylic acids is 1. The van der Waals surface area contributed by atoms with Crippen molar-refractivity contribution in [1.29, 1.82) is 0 Å². The van der Waals surface area contributed by atoms with Gasteiger partial charge < -0.3 is 15.1 Å². The SMILES string of the molecule is O=C(c1cc(Nc2ccccc2)ccn1)N1CCN(c2ccccn2)CC1. The lowest BCUT2D eigenvalue weighted by Gasteiger charge is -2.35. The van der Waals surface area contributed by atoms with Crippen LogP contribution in [-0.2, 0) is 0 Å². The molecule has 1 aromatic carbocycles. The summed E-state index contributed by atoms with van der Waals surface area (Å²) in [6, 6.07) is 19.4. The summed E-state index contributed by atoms with van der Waals surface area (Å²) in [5.41, 5.74) is 2.29. The lowest BCUT2D eigenvalue weighted by atomic mass is 10.2. The fourth-order valence-electron chi connectivity index (χ4n) is 3.15. The van der Waals surface area contributed by atoms with Crippen LogP contribution in [0.15, 0.2) is 73.1 Å². The zero-order valence-corrected chi connectivity index (χ0v) is 15.0. The Morgan fingerprint density at radius 1 is 0.815 bits per heavy atom. The third-order valence-electron chi connectivity index (χ3n) is 4.58. The van der Waals surface area contributed by atoms with E-state index < -0.39 is 0 Å². The van der Waals surface area contributed by atoms with Crippen LogP contribution in [-0.4, -0.2) is 47.0 Å². The van der Waals surface area contributed by atoms with Gasteiger partial charge in [-0.05, 0) is 36.4 Å². The molecule has 3 heterocycles. The summed E-state index contributed by atoms with van der Waals surface area (Å²) in [4.78, 5) is 25.6. The van der Waals surface area contributed by atoms with Crippen LogP contribution >= 0.6 is 0 Å². The second-order valence-electron chi connectivity index (χ2n) is 6.39. The molecule has 1 N–H and O–H groups in total. The first-order valence-corrected chi connectivity index (χ1v) is 9.03. The summed E-state index contributed by atoms with van der Waals surface area (Å²) in [7, 11) is 0. The molecule has 1 saturated heterocycles. The highest BCUT2D eigenvalue weighted by Crippen LogP contribution is 2.18. The van der Waals surface area contributed by atoms with Gasteiger partial charge in [-0.2, -0.15) is 0 Å². The van der Waals surface area contributed by atoms with E-state index in [1.165, 1.54) is 0 Å². The molecule has 0 saturated carbocycles. The van der Waals surface area contributed by atoms with E-state index in [9.17, 15) is 4.79 Å². The number of nitrogens with zero attached hydrogens (tertiary/aromatic N) is 4. The van der Waals surface area contributed by atoms with Crippen LogP contribution < -0.4 is 10.2 Å². The Bertz CT molecular complexity index is 893. The van der Waals surface area contributed by atoms with Crippen LogP contribution in [0.4, 0.5) is 17.2 Å². The van der Waals surface area contributed by atoms with Gasteiger partial charge in [0.1, 0.15) is 11.5 Å². The van der Waals surface area contributed by atoms with Gasteiger partial charge in [-0.1, -0.05) is 24.3 Å². The van der Waals surface area contributed by atoms with E-state index >= 15 is 0 Å². The number of piperazine rings is 1. The minimum Gasteiger partial charge on any atom is -0.355 e. The number of anilines is 3. The predicted octanol–water partition coefficient (Wildman–Crippen LogP) is 3.18. The van der Waals surface area contributed by atoms with Crippen molar-refractivity contribution in [2.45, 2.75) is 0 Å². The number of pyridine rings is 2. The van der Waals surface area contributed by atoms with Gasteiger partial charge in [-0.15, -0.1) is 0 Å². The third-order valence-corrected chi connectivity index (χ3v) is 4.58. The Balaban J connectivity index is 1.41. The molecular formula is C21H21N5O. The largest absolute Gasteiger partial charge is 0.355 e. The molecule has 0 bridgehead atoms. The highest BCUT2D eigenvalue weighted by Gasteiger charge is 2.23. The number of aromatic nitrogens is 2. The summed E-state index contributed by atoms with van der Waals surface area (Å²) in [6.45, 7) is 2.86. The molecule has 0 atom stereocenters. The zero-order chi connectivity index (χ0) is 18.5. The summed E-state index contributed by atoms with van der Waals surface area (Å²) >= 11 is 0. The van der Waals surface area contributed by atoms with Crippen LogP contribution in [0.5, 0.6) is 0 Å². The number of hydrogen-bond acceptors (Lipinski definition) is 5. The molecule has 1 fully saturated rings. The Labute approximate surface area is 158 Å². The van der Waals surface area contributed by atoms with Crippen LogP contribution in [0.2, 0.25) is 0 Å². The van der Waals surface area contributed by atoms with Crippen LogP contribution in [0.1, 0.15) is 10.5 Å². The van der Waals surface area contributed by atoms with E-state index in [-0.39, 0.29) is 5.91 Å². The zero-order valence-electron chi connectivity index (χ0n) is 15.0. The van der Waals surface area contributed by atoms with E-state index in [0.29, 0.717) is 18.8 Å². The summed E-state index contributed by atoms with van der Waals surface area (Å²) < 4.78 is 0. The van der Waals surface area contributed by atoms with Crippen molar-refractivity contribution in [1.82, 2.24) is 14.9 Å². The first-order valence-electron chi connectivity index (χ1n) is 9.03. The van der Waals surface area contributed by atoms with Gasteiger partial charge in [0, 0.05) is 49.9 Å². The molecule has 4 rings (SSSR count). The Kier molecular flexibility index (Phi) is 4.96. The molecule has 1 aliphatic rings. The second kappa shape index (κ2) is 7.86. The fraction of sp³-hybridized carbons (Fsp3) is 0.190. The maximum Gasteiger partial charge on any atom is 0.272 e. The summed E-state index contributed by atoms with van der Waals surface area (Å²) in [5, 5.41) is 3.30. The second-order valence-corrected chi connectivity index (χ2v) is 6.39. The monoisotopic (exact) mass is 359 g/mol. The van der Waals surface area contributed by atoms with Crippen molar-refractivity contribution in [2.24, 2.45) is 0 Å². The predicted molar refractivity (Wildman–Crippen MR) is 106 cm³/mol. The number of para-hydroxylation sites is 1. The van der Waals surface area contributed by atoms with Crippen molar-refractivity contribution >= 4 is 23.1 Å². The van der Waals surface area contributed by atoms with Crippen LogP contribution in [0.25, 0.3) is 0 Å².